The zero-order chi connectivity index (χ0) is 19.9. The van der Waals surface area contributed by atoms with E-state index in [-0.39, 0.29) is 5.91 Å². The number of rotatable bonds is 7. The van der Waals surface area contributed by atoms with Crippen molar-refractivity contribution in [3.05, 3.63) is 52.9 Å². The Labute approximate surface area is 168 Å². The molecule has 0 saturated carbocycles. The Kier molecular flexibility index (Phi) is 6.60. The summed E-state index contributed by atoms with van der Waals surface area (Å²) in [7, 11) is 1.59. The highest BCUT2D eigenvalue weighted by molar-refractivity contribution is 8.18. The van der Waals surface area contributed by atoms with Gasteiger partial charge in [-0.2, -0.15) is 0 Å². The van der Waals surface area contributed by atoms with E-state index in [1.807, 2.05) is 56.3 Å². The molecule has 1 heterocycles. The van der Waals surface area contributed by atoms with Crippen molar-refractivity contribution in [3.8, 4) is 17.2 Å². The Bertz CT molecular complexity index is 907. The molecule has 2 aromatic carbocycles. The number of carbonyl (C=O) groups is 1. The summed E-state index contributed by atoms with van der Waals surface area (Å²) < 4.78 is 16.3. The highest BCUT2D eigenvalue weighted by Crippen LogP contribution is 2.32. The van der Waals surface area contributed by atoms with Gasteiger partial charge in [0.15, 0.2) is 16.7 Å². The lowest BCUT2D eigenvalue weighted by molar-refractivity contribution is -0.115. The Morgan fingerprint density at radius 1 is 1.04 bits per heavy atom. The smallest absolute Gasteiger partial charge is 0.264 e. The molecule has 1 saturated heterocycles. The number of ether oxygens (including phenoxy) is 3. The quantitative estimate of drug-likeness (QED) is 0.701. The summed E-state index contributed by atoms with van der Waals surface area (Å²) in [4.78, 5) is 17.3. The molecule has 0 bridgehead atoms. The molecular weight excluding hydrogens is 376 g/mol. The summed E-state index contributed by atoms with van der Waals surface area (Å²) in [5, 5.41) is 3.33. The van der Waals surface area contributed by atoms with Crippen LogP contribution in [0, 0.1) is 0 Å². The van der Waals surface area contributed by atoms with Gasteiger partial charge in [0.1, 0.15) is 5.75 Å². The molecule has 3 rings (SSSR count). The van der Waals surface area contributed by atoms with Crippen LogP contribution in [0.4, 0.5) is 5.69 Å². The van der Waals surface area contributed by atoms with Gasteiger partial charge in [-0.1, -0.05) is 6.07 Å². The third-order valence-corrected chi connectivity index (χ3v) is 4.72. The number of carbonyl (C=O) groups excluding carboxylic acids is 1. The van der Waals surface area contributed by atoms with Gasteiger partial charge < -0.3 is 19.5 Å². The lowest BCUT2D eigenvalue weighted by Crippen LogP contribution is -2.19. The fraction of sp³-hybridized carbons (Fsp3) is 0.238. The van der Waals surface area contributed by atoms with Crippen LogP contribution in [0.5, 0.6) is 17.2 Å². The fourth-order valence-corrected chi connectivity index (χ4v) is 3.42. The van der Waals surface area contributed by atoms with Gasteiger partial charge in [-0.15, -0.1) is 0 Å². The molecular formula is C21H22N2O4S. The molecule has 0 unspecified atom stereocenters. The van der Waals surface area contributed by atoms with E-state index in [4.69, 9.17) is 14.2 Å². The number of thioether (sulfide) groups is 1. The summed E-state index contributed by atoms with van der Waals surface area (Å²) >= 11 is 1.30. The van der Waals surface area contributed by atoms with Gasteiger partial charge in [-0.05, 0) is 73.6 Å². The van der Waals surface area contributed by atoms with Crippen LogP contribution in [0.1, 0.15) is 19.4 Å². The van der Waals surface area contributed by atoms with Crippen LogP contribution in [0.3, 0.4) is 0 Å². The van der Waals surface area contributed by atoms with E-state index in [0.29, 0.717) is 34.8 Å². The molecule has 7 heteroatoms. The van der Waals surface area contributed by atoms with Crippen molar-refractivity contribution < 1.29 is 19.0 Å². The van der Waals surface area contributed by atoms with Crippen LogP contribution in [0.25, 0.3) is 6.08 Å². The largest absolute Gasteiger partial charge is 0.494 e. The first-order valence-electron chi connectivity index (χ1n) is 8.96. The van der Waals surface area contributed by atoms with E-state index in [9.17, 15) is 4.79 Å². The van der Waals surface area contributed by atoms with Crippen molar-refractivity contribution in [2.45, 2.75) is 13.8 Å². The van der Waals surface area contributed by atoms with Crippen LogP contribution in [0.2, 0.25) is 0 Å². The van der Waals surface area contributed by atoms with Crippen LogP contribution in [0.15, 0.2) is 52.4 Å². The van der Waals surface area contributed by atoms with E-state index in [1.165, 1.54) is 11.8 Å². The molecule has 146 valence electrons. The van der Waals surface area contributed by atoms with Crippen molar-refractivity contribution >= 4 is 34.6 Å². The summed E-state index contributed by atoms with van der Waals surface area (Å²) in [6.45, 7) is 5.03. The minimum absolute atomic E-state index is 0.178. The van der Waals surface area contributed by atoms with Gasteiger partial charge in [-0.3, -0.25) is 4.79 Å². The monoisotopic (exact) mass is 398 g/mol. The Hall–Kier alpha value is -2.93. The molecule has 1 aliphatic heterocycles. The maximum atomic E-state index is 12.3. The molecule has 0 aromatic heterocycles. The number of methoxy groups -OCH3 is 1. The second kappa shape index (κ2) is 9.32. The molecule has 2 aromatic rings. The third-order valence-electron chi connectivity index (χ3n) is 3.81. The maximum absolute atomic E-state index is 12.3. The first-order valence-corrected chi connectivity index (χ1v) is 9.78. The number of aliphatic imine (C=N–C) groups is 1. The second-order valence-electron chi connectivity index (χ2n) is 5.75. The molecule has 0 radical (unpaired) electrons. The van der Waals surface area contributed by atoms with Gasteiger partial charge in [-0.25, -0.2) is 4.99 Å². The van der Waals surface area contributed by atoms with E-state index < -0.39 is 0 Å². The third kappa shape index (κ3) is 4.86. The average Bonchev–Trinajstić information content (AvgIpc) is 3.03. The Balaban J connectivity index is 1.76. The maximum Gasteiger partial charge on any atom is 0.264 e. The average molecular weight is 398 g/mol. The molecule has 28 heavy (non-hydrogen) atoms. The first-order chi connectivity index (χ1) is 13.6. The van der Waals surface area contributed by atoms with Crippen LogP contribution >= 0.6 is 11.8 Å². The van der Waals surface area contributed by atoms with Crippen molar-refractivity contribution in [3.63, 3.8) is 0 Å². The predicted octanol–water partition coefficient (Wildman–Crippen LogP) is 4.38. The molecule has 1 amide bonds. The van der Waals surface area contributed by atoms with Gasteiger partial charge in [0.2, 0.25) is 0 Å². The number of amides is 1. The van der Waals surface area contributed by atoms with Crippen molar-refractivity contribution in [1.82, 2.24) is 5.32 Å². The zero-order valence-electron chi connectivity index (χ0n) is 16.0. The van der Waals surface area contributed by atoms with Crippen LogP contribution in [-0.4, -0.2) is 31.4 Å². The van der Waals surface area contributed by atoms with Gasteiger partial charge in [0.25, 0.3) is 5.91 Å². The van der Waals surface area contributed by atoms with Gasteiger partial charge >= 0.3 is 0 Å². The summed E-state index contributed by atoms with van der Waals surface area (Å²) in [5.74, 6) is 1.92. The molecule has 6 nitrogen and oxygen atoms in total. The summed E-state index contributed by atoms with van der Waals surface area (Å²) in [6.07, 6.45) is 1.80. The molecule has 0 spiro atoms. The minimum atomic E-state index is -0.178. The zero-order valence-corrected chi connectivity index (χ0v) is 16.8. The van der Waals surface area contributed by atoms with Crippen LogP contribution in [-0.2, 0) is 4.79 Å². The van der Waals surface area contributed by atoms with E-state index in [2.05, 4.69) is 10.3 Å². The normalized spacial score (nSPS) is 16.3. The number of benzene rings is 2. The number of nitrogens with zero attached hydrogens (tertiary/aromatic N) is 1. The van der Waals surface area contributed by atoms with E-state index >= 15 is 0 Å². The number of hydrogen-bond donors (Lipinski definition) is 1. The fourth-order valence-electron chi connectivity index (χ4n) is 2.58. The standard InChI is InChI=1S/C21H22N2O4S/c1-4-26-16-9-7-15(8-10-16)22-21-23-20(24)19(28-21)13-14-6-11-17(27-5-2)18(12-14)25-3/h6-13H,4-5H2,1-3H3,(H,22,23,24). The molecule has 1 aliphatic rings. The van der Waals surface area contributed by atoms with Gasteiger partial charge in [0, 0.05) is 0 Å². The number of hydrogen-bond acceptors (Lipinski definition) is 6. The van der Waals surface area contributed by atoms with Crippen molar-refractivity contribution in [2.24, 2.45) is 4.99 Å². The van der Waals surface area contributed by atoms with Crippen LogP contribution < -0.4 is 19.5 Å². The Morgan fingerprint density at radius 3 is 2.46 bits per heavy atom. The Morgan fingerprint density at radius 2 is 1.79 bits per heavy atom. The van der Waals surface area contributed by atoms with Gasteiger partial charge in [0.05, 0.1) is 30.9 Å². The highest BCUT2D eigenvalue weighted by atomic mass is 32.2. The highest BCUT2D eigenvalue weighted by Gasteiger charge is 2.24. The predicted molar refractivity (Wildman–Crippen MR) is 113 cm³/mol. The molecule has 1 N–H and O–H groups in total. The van der Waals surface area contributed by atoms with Crippen molar-refractivity contribution in [2.75, 3.05) is 20.3 Å². The second-order valence-corrected chi connectivity index (χ2v) is 6.78. The van der Waals surface area contributed by atoms with E-state index in [0.717, 1.165) is 17.0 Å². The van der Waals surface area contributed by atoms with Crippen molar-refractivity contribution in [1.29, 1.82) is 0 Å². The summed E-state index contributed by atoms with van der Waals surface area (Å²) in [5.41, 5.74) is 1.59. The topological polar surface area (TPSA) is 69.2 Å². The number of amidine groups is 1. The van der Waals surface area contributed by atoms with E-state index in [1.54, 1.807) is 13.2 Å². The molecule has 1 fully saturated rings. The SMILES string of the molecule is CCOc1ccc(N=C2NC(=O)C(=Cc3ccc(OCC)c(OC)c3)S2)cc1. The first kappa shape index (κ1) is 19.8. The minimum Gasteiger partial charge on any atom is -0.494 e. The summed E-state index contributed by atoms with van der Waals surface area (Å²) in [6, 6.07) is 13.0. The lowest BCUT2D eigenvalue weighted by Gasteiger charge is -2.09. The number of nitrogens with one attached hydrogen (secondary N) is 1. The lowest BCUT2D eigenvalue weighted by atomic mass is 10.2. The molecule has 0 atom stereocenters. The molecule has 0 aliphatic carbocycles.